The maximum atomic E-state index is 12.4. The van der Waals surface area contributed by atoms with Crippen LogP contribution in [-0.2, 0) is 17.9 Å². The van der Waals surface area contributed by atoms with Crippen LogP contribution in [0.1, 0.15) is 5.56 Å². The maximum absolute atomic E-state index is 12.4. The van der Waals surface area contributed by atoms with E-state index in [0.717, 1.165) is 22.2 Å². The molecule has 0 saturated carbocycles. The Morgan fingerprint density at radius 2 is 2.17 bits per heavy atom. The number of hydrogen-bond acceptors (Lipinski definition) is 3. The zero-order valence-corrected chi connectivity index (χ0v) is 13.3. The zero-order chi connectivity index (χ0) is 16.2. The van der Waals surface area contributed by atoms with Crippen LogP contribution >= 0.6 is 0 Å². The number of ether oxygens (including phenoxy) is 1. The number of likely N-dealkylation sites (N-methyl/N-ethyl adjacent to an activating group) is 1. The molecular formula is C18H19N3O2. The van der Waals surface area contributed by atoms with E-state index < -0.39 is 0 Å². The minimum atomic E-state index is 0.0576. The van der Waals surface area contributed by atoms with Crippen molar-refractivity contribution in [2.75, 3.05) is 14.2 Å². The molecule has 5 nitrogen and oxygen atoms in total. The summed E-state index contributed by atoms with van der Waals surface area (Å²) in [4.78, 5) is 18.2. The van der Waals surface area contributed by atoms with Gasteiger partial charge in [0, 0.05) is 43.1 Å². The highest BCUT2D eigenvalue weighted by atomic mass is 16.5. The Kier molecular flexibility index (Phi) is 4.28. The first-order chi connectivity index (χ1) is 11.2. The van der Waals surface area contributed by atoms with Crippen LogP contribution in [0, 0.1) is 0 Å². The Morgan fingerprint density at radius 1 is 1.30 bits per heavy atom. The minimum Gasteiger partial charge on any atom is -0.497 e. The molecule has 1 amide bonds. The summed E-state index contributed by atoms with van der Waals surface area (Å²) in [5.74, 6) is 0.873. The van der Waals surface area contributed by atoms with Crippen LogP contribution in [0.15, 0.2) is 55.0 Å². The molecule has 23 heavy (non-hydrogen) atoms. The molecule has 3 aromatic rings. The fourth-order valence-corrected chi connectivity index (χ4v) is 2.56. The van der Waals surface area contributed by atoms with E-state index in [2.05, 4.69) is 4.98 Å². The fourth-order valence-electron chi connectivity index (χ4n) is 2.56. The summed E-state index contributed by atoms with van der Waals surface area (Å²) in [5, 5.41) is 1.06. The Hall–Kier alpha value is -2.82. The number of nitrogens with zero attached hydrogens (tertiary/aromatic N) is 3. The van der Waals surface area contributed by atoms with Crippen LogP contribution in [-0.4, -0.2) is 34.5 Å². The van der Waals surface area contributed by atoms with E-state index >= 15 is 0 Å². The van der Waals surface area contributed by atoms with E-state index in [1.807, 2.05) is 54.2 Å². The van der Waals surface area contributed by atoms with Crippen LogP contribution in [0.5, 0.6) is 5.75 Å². The summed E-state index contributed by atoms with van der Waals surface area (Å²) in [5.41, 5.74) is 2.04. The Bertz CT molecular complexity index is 812. The number of rotatable bonds is 5. The van der Waals surface area contributed by atoms with Crippen LogP contribution < -0.4 is 4.74 Å². The lowest BCUT2D eigenvalue weighted by atomic mass is 10.2. The quantitative estimate of drug-likeness (QED) is 0.728. The lowest BCUT2D eigenvalue weighted by Crippen LogP contribution is -2.29. The van der Waals surface area contributed by atoms with E-state index in [9.17, 15) is 4.79 Å². The minimum absolute atomic E-state index is 0.0576. The van der Waals surface area contributed by atoms with Gasteiger partial charge in [-0.15, -0.1) is 0 Å². The van der Waals surface area contributed by atoms with E-state index in [1.165, 1.54) is 0 Å². The first-order valence-corrected chi connectivity index (χ1v) is 7.43. The van der Waals surface area contributed by atoms with Gasteiger partial charge in [0.1, 0.15) is 12.3 Å². The third-order valence-electron chi connectivity index (χ3n) is 3.85. The average Bonchev–Trinajstić information content (AvgIpc) is 2.97. The largest absolute Gasteiger partial charge is 0.497 e. The Labute approximate surface area is 135 Å². The van der Waals surface area contributed by atoms with Gasteiger partial charge in [-0.25, -0.2) is 0 Å². The lowest BCUT2D eigenvalue weighted by Gasteiger charge is -2.18. The smallest absolute Gasteiger partial charge is 0.242 e. The van der Waals surface area contributed by atoms with Crippen molar-refractivity contribution in [3.63, 3.8) is 0 Å². The highest BCUT2D eigenvalue weighted by Gasteiger charge is 2.12. The molecule has 0 bridgehead atoms. The fraction of sp³-hybridized carbons (Fsp3) is 0.222. The van der Waals surface area contributed by atoms with Crippen molar-refractivity contribution >= 4 is 16.8 Å². The molecule has 2 heterocycles. The molecule has 2 aromatic heterocycles. The highest BCUT2D eigenvalue weighted by Crippen LogP contribution is 2.21. The summed E-state index contributed by atoms with van der Waals surface area (Å²) in [6.45, 7) is 0.867. The molecular weight excluding hydrogens is 290 g/mol. The van der Waals surface area contributed by atoms with Gasteiger partial charge in [0.05, 0.1) is 7.11 Å². The lowest BCUT2D eigenvalue weighted by molar-refractivity contribution is -0.131. The Balaban J connectivity index is 1.72. The summed E-state index contributed by atoms with van der Waals surface area (Å²) in [6.07, 6.45) is 5.44. The number of carbonyl (C=O) groups is 1. The number of hydrogen-bond donors (Lipinski definition) is 0. The second kappa shape index (κ2) is 6.52. The molecule has 0 fully saturated rings. The maximum Gasteiger partial charge on any atom is 0.242 e. The summed E-state index contributed by atoms with van der Waals surface area (Å²) < 4.78 is 7.18. The van der Waals surface area contributed by atoms with Crippen LogP contribution in [0.4, 0.5) is 0 Å². The third kappa shape index (κ3) is 3.34. The predicted octanol–water partition coefficient (Wildman–Crippen LogP) is 2.70. The summed E-state index contributed by atoms with van der Waals surface area (Å²) in [6, 6.07) is 11.7. The molecule has 0 saturated heterocycles. The van der Waals surface area contributed by atoms with Gasteiger partial charge < -0.3 is 14.2 Å². The van der Waals surface area contributed by atoms with Gasteiger partial charge in [-0.3, -0.25) is 9.78 Å². The first-order valence-electron chi connectivity index (χ1n) is 7.43. The molecule has 118 valence electrons. The van der Waals surface area contributed by atoms with Crippen LogP contribution in [0.2, 0.25) is 0 Å². The number of fused-ring (bicyclic) bond motifs is 1. The molecule has 0 aliphatic rings. The standard InChI is InChI=1S/C18H19N3O2/c1-20(12-14-4-3-8-19-11-14)18(22)13-21-9-7-15-10-16(23-2)5-6-17(15)21/h3-11H,12-13H2,1-2H3. The second-order valence-corrected chi connectivity index (χ2v) is 5.48. The highest BCUT2D eigenvalue weighted by molar-refractivity contribution is 5.84. The van der Waals surface area contributed by atoms with Gasteiger partial charge >= 0.3 is 0 Å². The molecule has 0 atom stereocenters. The van der Waals surface area contributed by atoms with Crippen molar-refractivity contribution in [3.05, 3.63) is 60.6 Å². The van der Waals surface area contributed by atoms with E-state index in [0.29, 0.717) is 13.1 Å². The number of benzene rings is 1. The predicted molar refractivity (Wildman–Crippen MR) is 89.2 cm³/mol. The molecule has 0 spiro atoms. The molecule has 3 rings (SSSR count). The van der Waals surface area contributed by atoms with Gasteiger partial charge in [0.25, 0.3) is 0 Å². The number of carbonyl (C=O) groups excluding carboxylic acids is 1. The van der Waals surface area contributed by atoms with Crippen LogP contribution in [0.25, 0.3) is 10.9 Å². The molecule has 0 N–H and O–H groups in total. The number of pyridine rings is 1. The second-order valence-electron chi connectivity index (χ2n) is 5.48. The third-order valence-corrected chi connectivity index (χ3v) is 3.85. The SMILES string of the molecule is COc1ccc2c(ccn2CC(=O)N(C)Cc2cccnc2)c1. The van der Waals surface area contributed by atoms with Crippen molar-refractivity contribution in [2.24, 2.45) is 0 Å². The number of amides is 1. The topological polar surface area (TPSA) is 47.4 Å². The monoisotopic (exact) mass is 309 g/mol. The summed E-state index contributed by atoms with van der Waals surface area (Å²) >= 11 is 0. The molecule has 0 aliphatic heterocycles. The van der Waals surface area contributed by atoms with Gasteiger partial charge in [-0.1, -0.05) is 6.07 Å². The average molecular weight is 309 g/mol. The van der Waals surface area contributed by atoms with Crippen molar-refractivity contribution in [1.82, 2.24) is 14.5 Å². The van der Waals surface area contributed by atoms with Gasteiger partial charge in [-0.2, -0.15) is 0 Å². The van der Waals surface area contributed by atoms with Gasteiger partial charge in [-0.05, 0) is 35.9 Å². The molecule has 0 aliphatic carbocycles. The van der Waals surface area contributed by atoms with Crippen LogP contribution in [0.3, 0.4) is 0 Å². The number of aromatic nitrogens is 2. The Morgan fingerprint density at radius 3 is 2.91 bits per heavy atom. The van der Waals surface area contributed by atoms with E-state index in [4.69, 9.17) is 4.74 Å². The van der Waals surface area contributed by atoms with Crippen molar-refractivity contribution in [2.45, 2.75) is 13.1 Å². The molecule has 0 unspecified atom stereocenters. The van der Waals surface area contributed by atoms with Crippen molar-refractivity contribution < 1.29 is 9.53 Å². The summed E-state index contributed by atoms with van der Waals surface area (Å²) in [7, 11) is 3.46. The molecule has 0 radical (unpaired) electrons. The van der Waals surface area contributed by atoms with E-state index in [-0.39, 0.29) is 5.91 Å². The normalized spacial score (nSPS) is 10.7. The van der Waals surface area contributed by atoms with Crippen molar-refractivity contribution in [1.29, 1.82) is 0 Å². The first kappa shape index (κ1) is 15.1. The number of methoxy groups -OCH3 is 1. The molecule has 1 aromatic carbocycles. The zero-order valence-electron chi connectivity index (χ0n) is 13.3. The molecule has 5 heteroatoms. The van der Waals surface area contributed by atoms with Gasteiger partial charge in [0.2, 0.25) is 5.91 Å². The van der Waals surface area contributed by atoms with E-state index in [1.54, 1.807) is 24.4 Å². The van der Waals surface area contributed by atoms with Gasteiger partial charge in [0.15, 0.2) is 0 Å². The van der Waals surface area contributed by atoms with Crippen molar-refractivity contribution in [3.8, 4) is 5.75 Å².